The normalized spacial score (nSPS) is 10.2. The number of hydrogen-bond acceptors (Lipinski definition) is 6. The molecular weight excluding hydrogens is 436 g/mol. The van der Waals surface area contributed by atoms with Crippen molar-refractivity contribution in [3.63, 3.8) is 0 Å². The van der Waals surface area contributed by atoms with Crippen LogP contribution in [0.25, 0.3) is 0 Å². The third-order valence-electron chi connectivity index (χ3n) is 4.52. The van der Waals surface area contributed by atoms with Gasteiger partial charge in [0, 0.05) is 25.9 Å². The zero-order chi connectivity index (χ0) is 24.9. The van der Waals surface area contributed by atoms with Crippen LogP contribution in [0.3, 0.4) is 0 Å². The van der Waals surface area contributed by atoms with Crippen molar-refractivity contribution in [2.75, 3.05) is 26.2 Å². The summed E-state index contributed by atoms with van der Waals surface area (Å²) in [6.07, 6.45) is 5.84. The van der Waals surface area contributed by atoms with Crippen molar-refractivity contribution in [3.8, 4) is 0 Å². The van der Waals surface area contributed by atoms with Crippen LogP contribution in [0.15, 0.2) is 0 Å². The van der Waals surface area contributed by atoms with Gasteiger partial charge < -0.3 is 31.5 Å². The summed E-state index contributed by atoms with van der Waals surface area (Å²) in [7, 11) is 0. The van der Waals surface area contributed by atoms with E-state index in [1.807, 2.05) is 0 Å². The molecule has 0 aromatic rings. The van der Waals surface area contributed by atoms with Crippen molar-refractivity contribution in [2.45, 2.75) is 70.6 Å². The lowest BCUT2D eigenvalue weighted by molar-refractivity contribution is -0.139. The predicted molar refractivity (Wildman–Crippen MR) is 118 cm³/mol. The Morgan fingerprint density at radius 3 is 1.09 bits per heavy atom. The number of amides is 4. The van der Waals surface area contributed by atoms with Crippen molar-refractivity contribution >= 4 is 35.6 Å². The molecule has 0 spiro atoms. The SMILES string of the molecule is O=C(O)CCC(=O)NCC(=O)NCCCCCCCCCNC(=O)CNC(=O)CCC(=O)O. The Morgan fingerprint density at radius 2 is 0.758 bits per heavy atom. The summed E-state index contributed by atoms with van der Waals surface area (Å²) in [4.78, 5) is 66.5. The molecule has 0 fully saturated rings. The molecule has 0 aromatic carbocycles. The number of nitrogens with one attached hydrogen (secondary N) is 4. The molecule has 0 aliphatic rings. The van der Waals surface area contributed by atoms with E-state index in [0.717, 1.165) is 44.9 Å². The number of hydrogen-bond donors (Lipinski definition) is 6. The van der Waals surface area contributed by atoms with Crippen LogP contribution >= 0.6 is 0 Å². The van der Waals surface area contributed by atoms with E-state index in [1.54, 1.807) is 0 Å². The topological polar surface area (TPSA) is 191 Å². The predicted octanol–water partition coefficient (Wildman–Crippen LogP) is -0.0885. The van der Waals surface area contributed by atoms with Crippen LogP contribution in [0, 0.1) is 0 Å². The molecule has 0 aliphatic carbocycles. The van der Waals surface area contributed by atoms with E-state index in [2.05, 4.69) is 21.3 Å². The number of carboxylic acids is 2. The van der Waals surface area contributed by atoms with Gasteiger partial charge >= 0.3 is 11.9 Å². The van der Waals surface area contributed by atoms with Gasteiger partial charge in [-0.05, 0) is 12.8 Å². The van der Waals surface area contributed by atoms with E-state index in [9.17, 15) is 28.8 Å². The summed E-state index contributed by atoms with van der Waals surface area (Å²) < 4.78 is 0. The van der Waals surface area contributed by atoms with Gasteiger partial charge in [-0.2, -0.15) is 0 Å². The zero-order valence-corrected chi connectivity index (χ0v) is 19.0. The summed E-state index contributed by atoms with van der Waals surface area (Å²) >= 11 is 0. The smallest absolute Gasteiger partial charge is 0.303 e. The molecule has 0 aliphatic heterocycles. The number of unbranched alkanes of at least 4 members (excludes halogenated alkanes) is 6. The second kappa shape index (κ2) is 19.5. The maximum Gasteiger partial charge on any atom is 0.303 e. The molecule has 0 radical (unpaired) electrons. The van der Waals surface area contributed by atoms with Crippen molar-refractivity contribution in [2.24, 2.45) is 0 Å². The summed E-state index contributed by atoms with van der Waals surface area (Å²) in [5.74, 6) is -3.66. The second-order valence-corrected chi connectivity index (χ2v) is 7.52. The molecule has 4 amide bonds. The monoisotopic (exact) mass is 472 g/mol. The van der Waals surface area contributed by atoms with Gasteiger partial charge in [0.15, 0.2) is 0 Å². The van der Waals surface area contributed by atoms with Gasteiger partial charge in [-0.15, -0.1) is 0 Å². The molecule has 33 heavy (non-hydrogen) atoms. The fraction of sp³-hybridized carbons (Fsp3) is 0.714. The van der Waals surface area contributed by atoms with Gasteiger partial charge in [0.05, 0.1) is 25.9 Å². The molecule has 0 unspecified atom stereocenters. The van der Waals surface area contributed by atoms with Crippen molar-refractivity contribution in [3.05, 3.63) is 0 Å². The van der Waals surface area contributed by atoms with Gasteiger partial charge in [-0.3, -0.25) is 28.8 Å². The van der Waals surface area contributed by atoms with Crippen LogP contribution in [0.4, 0.5) is 0 Å². The van der Waals surface area contributed by atoms with Crippen molar-refractivity contribution in [1.82, 2.24) is 21.3 Å². The van der Waals surface area contributed by atoms with Crippen molar-refractivity contribution < 1.29 is 39.0 Å². The Hall–Kier alpha value is -3.18. The van der Waals surface area contributed by atoms with E-state index >= 15 is 0 Å². The highest BCUT2D eigenvalue weighted by Gasteiger charge is 2.08. The number of rotatable bonds is 20. The van der Waals surface area contributed by atoms with Gasteiger partial charge in [-0.25, -0.2) is 0 Å². The molecule has 0 heterocycles. The molecule has 0 atom stereocenters. The van der Waals surface area contributed by atoms with Gasteiger partial charge in [0.2, 0.25) is 23.6 Å². The van der Waals surface area contributed by atoms with Crippen LogP contribution in [-0.2, 0) is 28.8 Å². The molecule has 12 nitrogen and oxygen atoms in total. The minimum Gasteiger partial charge on any atom is -0.481 e. The molecular formula is C21H36N4O8. The third kappa shape index (κ3) is 21.8. The Kier molecular flexibility index (Phi) is 17.6. The Bertz CT molecular complexity index is 600. The average Bonchev–Trinajstić information content (AvgIpc) is 2.76. The first-order valence-electron chi connectivity index (χ1n) is 11.2. The maximum atomic E-state index is 11.6. The lowest BCUT2D eigenvalue weighted by Crippen LogP contribution is -2.37. The van der Waals surface area contributed by atoms with Gasteiger partial charge in [0.25, 0.3) is 0 Å². The fourth-order valence-electron chi connectivity index (χ4n) is 2.69. The Labute approximate surface area is 193 Å². The van der Waals surface area contributed by atoms with Crippen LogP contribution in [0.1, 0.15) is 70.6 Å². The van der Waals surface area contributed by atoms with E-state index in [-0.39, 0.29) is 50.6 Å². The van der Waals surface area contributed by atoms with E-state index in [0.29, 0.717) is 13.1 Å². The largest absolute Gasteiger partial charge is 0.481 e. The summed E-state index contributed by atoms with van der Waals surface area (Å²) in [6, 6.07) is 0. The van der Waals surface area contributed by atoms with Gasteiger partial charge in [0.1, 0.15) is 0 Å². The lowest BCUT2D eigenvalue weighted by atomic mass is 10.1. The fourth-order valence-corrected chi connectivity index (χ4v) is 2.69. The van der Waals surface area contributed by atoms with Gasteiger partial charge in [-0.1, -0.05) is 32.1 Å². The highest BCUT2D eigenvalue weighted by atomic mass is 16.4. The molecule has 0 saturated heterocycles. The third-order valence-corrected chi connectivity index (χ3v) is 4.52. The number of carbonyl (C=O) groups is 6. The molecule has 0 aromatic heterocycles. The highest BCUT2D eigenvalue weighted by molar-refractivity contribution is 5.86. The van der Waals surface area contributed by atoms with E-state index in [1.165, 1.54) is 0 Å². The Balaban J connectivity index is 3.44. The highest BCUT2D eigenvalue weighted by Crippen LogP contribution is 2.06. The average molecular weight is 473 g/mol. The standard InChI is InChI=1S/C21H36N4O8/c26-16(8-10-20(30)31)24-14-18(28)22-12-6-4-2-1-3-5-7-13-23-19(29)15-25-17(27)9-11-21(32)33/h1-15H2,(H,22,28)(H,23,29)(H,24,26)(H,25,27)(H,30,31)(H,32,33). The number of carbonyl (C=O) groups excluding carboxylic acids is 4. The van der Waals surface area contributed by atoms with Crippen LogP contribution in [-0.4, -0.2) is 72.0 Å². The van der Waals surface area contributed by atoms with Crippen LogP contribution in [0.2, 0.25) is 0 Å². The summed E-state index contributed by atoms with van der Waals surface area (Å²) in [5.41, 5.74) is 0. The van der Waals surface area contributed by atoms with Crippen LogP contribution < -0.4 is 21.3 Å². The lowest BCUT2D eigenvalue weighted by Gasteiger charge is -2.07. The molecule has 0 rings (SSSR count). The minimum atomic E-state index is -1.06. The zero-order valence-electron chi connectivity index (χ0n) is 19.0. The summed E-state index contributed by atoms with van der Waals surface area (Å²) in [6.45, 7) is 0.712. The molecule has 12 heteroatoms. The molecule has 188 valence electrons. The summed E-state index contributed by atoms with van der Waals surface area (Å²) in [5, 5.41) is 27.1. The van der Waals surface area contributed by atoms with Crippen molar-refractivity contribution in [1.29, 1.82) is 0 Å². The first-order valence-corrected chi connectivity index (χ1v) is 11.2. The maximum absolute atomic E-state index is 11.6. The van der Waals surface area contributed by atoms with Crippen LogP contribution in [0.5, 0.6) is 0 Å². The quantitative estimate of drug-likeness (QED) is 0.132. The minimum absolute atomic E-state index is 0.149. The van der Waals surface area contributed by atoms with E-state index < -0.39 is 23.8 Å². The number of carboxylic acid groups (broad SMARTS) is 2. The molecule has 6 N–H and O–H groups in total. The van der Waals surface area contributed by atoms with E-state index in [4.69, 9.17) is 10.2 Å². The molecule has 0 bridgehead atoms. The number of aliphatic carboxylic acids is 2. The first kappa shape index (κ1) is 29.8. The Morgan fingerprint density at radius 1 is 0.424 bits per heavy atom. The molecule has 0 saturated carbocycles. The first-order chi connectivity index (χ1) is 15.7. The second-order valence-electron chi connectivity index (χ2n) is 7.52.